The number of aromatic nitrogens is 1. The molecule has 0 spiro atoms. The average molecular weight is 419 g/mol. The number of nitrogens with two attached hydrogens (primary N) is 1. The Balaban J connectivity index is 1.42. The number of aliphatic hydroxyl groups is 1. The summed E-state index contributed by atoms with van der Waals surface area (Å²) in [6.45, 7) is 0.640. The maximum Gasteiger partial charge on any atom is 0.184 e. The van der Waals surface area contributed by atoms with Crippen molar-refractivity contribution in [2.75, 3.05) is 6.61 Å². The fraction of sp³-hybridized carbons (Fsp3) is 0.130. The van der Waals surface area contributed by atoms with Crippen molar-refractivity contribution in [1.82, 2.24) is 9.99 Å². The van der Waals surface area contributed by atoms with Gasteiger partial charge >= 0.3 is 0 Å². The summed E-state index contributed by atoms with van der Waals surface area (Å²) in [6.07, 6.45) is 0.959. The minimum atomic E-state index is -0.653. The number of hydrazone groups is 1. The van der Waals surface area contributed by atoms with Gasteiger partial charge in [-0.1, -0.05) is 36.4 Å². The van der Waals surface area contributed by atoms with E-state index in [1.54, 1.807) is 6.21 Å². The normalized spacial score (nSPS) is 12.4. The summed E-state index contributed by atoms with van der Waals surface area (Å²) < 4.78 is 7.92. The Morgan fingerprint density at radius 2 is 1.63 bits per heavy atom. The van der Waals surface area contributed by atoms with E-state index >= 15 is 0 Å². The molecule has 0 aliphatic rings. The van der Waals surface area contributed by atoms with Gasteiger partial charge in [0.2, 0.25) is 0 Å². The number of hydrogen-bond acceptors (Lipinski definition) is 4. The molecular formula is C23H22N4O2S. The van der Waals surface area contributed by atoms with Gasteiger partial charge in [-0.2, -0.15) is 5.10 Å². The largest absolute Gasteiger partial charge is 0.491 e. The van der Waals surface area contributed by atoms with Crippen molar-refractivity contribution in [1.29, 1.82) is 0 Å². The van der Waals surface area contributed by atoms with E-state index in [0.29, 0.717) is 12.3 Å². The molecule has 0 amide bonds. The fourth-order valence-corrected chi connectivity index (χ4v) is 3.53. The van der Waals surface area contributed by atoms with Gasteiger partial charge in [0.25, 0.3) is 0 Å². The van der Waals surface area contributed by atoms with Crippen LogP contribution in [0.15, 0.2) is 77.9 Å². The summed E-state index contributed by atoms with van der Waals surface area (Å²) >= 11 is 4.69. The highest BCUT2D eigenvalue weighted by Gasteiger charge is 2.13. The van der Waals surface area contributed by atoms with Crippen LogP contribution in [0.3, 0.4) is 0 Å². The molecular weight excluding hydrogens is 396 g/mol. The van der Waals surface area contributed by atoms with Crippen LogP contribution in [0.4, 0.5) is 0 Å². The van der Waals surface area contributed by atoms with Crippen molar-refractivity contribution in [3.63, 3.8) is 0 Å². The molecule has 1 aromatic heterocycles. The highest BCUT2D eigenvalue weighted by molar-refractivity contribution is 7.80. The van der Waals surface area contributed by atoms with E-state index in [9.17, 15) is 5.11 Å². The molecule has 0 unspecified atom stereocenters. The lowest BCUT2D eigenvalue weighted by Crippen LogP contribution is -2.24. The smallest absolute Gasteiger partial charge is 0.184 e. The molecule has 1 atom stereocenters. The summed E-state index contributed by atoms with van der Waals surface area (Å²) in [5.41, 5.74) is 10.9. The SMILES string of the molecule is NC(=S)NN=Cc1ccc(OC[C@@H](O)Cn2c3ccccc3c3ccccc32)cc1. The molecule has 0 aliphatic carbocycles. The topological polar surface area (TPSA) is 84.8 Å². The molecule has 0 saturated carbocycles. The monoisotopic (exact) mass is 418 g/mol. The van der Waals surface area contributed by atoms with Gasteiger partial charge in [0.05, 0.1) is 12.8 Å². The Labute approximate surface area is 179 Å². The van der Waals surface area contributed by atoms with Crippen molar-refractivity contribution >= 4 is 45.4 Å². The van der Waals surface area contributed by atoms with Gasteiger partial charge < -0.3 is 20.1 Å². The summed E-state index contributed by atoms with van der Waals surface area (Å²) in [6, 6.07) is 23.9. The third kappa shape index (κ3) is 4.42. The van der Waals surface area contributed by atoms with E-state index in [2.05, 4.69) is 39.4 Å². The minimum absolute atomic E-state index is 0.114. The van der Waals surface area contributed by atoms with Crippen molar-refractivity contribution in [3.8, 4) is 5.75 Å². The second-order valence-corrected chi connectivity index (χ2v) is 7.35. The summed E-state index contributed by atoms with van der Waals surface area (Å²) in [5.74, 6) is 0.677. The van der Waals surface area contributed by atoms with Gasteiger partial charge in [-0.15, -0.1) is 0 Å². The molecule has 0 fully saturated rings. The number of nitrogens with zero attached hydrogens (tertiary/aromatic N) is 2. The van der Waals surface area contributed by atoms with Crippen LogP contribution >= 0.6 is 12.2 Å². The van der Waals surface area contributed by atoms with Crippen molar-refractivity contribution < 1.29 is 9.84 Å². The third-order valence-electron chi connectivity index (χ3n) is 4.78. The third-order valence-corrected chi connectivity index (χ3v) is 4.88. The second-order valence-electron chi connectivity index (χ2n) is 6.91. The number of rotatable bonds is 7. The first-order valence-corrected chi connectivity index (χ1v) is 9.98. The number of aliphatic hydroxyl groups excluding tert-OH is 1. The number of ether oxygens (including phenoxy) is 1. The van der Waals surface area contributed by atoms with Crippen molar-refractivity contribution in [2.45, 2.75) is 12.6 Å². The number of fused-ring (bicyclic) bond motifs is 3. The van der Waals surface area contributed by atoms with Gasteiger partial charge in [0, 0.05) is 21.8 Å². The lowest BCUT2D eigenvalue weighted by Gasteiger charge is -2.15. The van der Waals surface area contributed by atoms with Crippen LogP contribution in [0.2, 0.25) is 0 Å². The molecule has 6 nitrogen and oxygen atoms in total. The molecule has 4 aromatic rings. The van der Waals surface area contributed by atoms with E-state index in [1.807, 2.05) is 48.5 Å². The Morgan fingerprint density at radius 1 is 1.03 bits per heavy atom. The Bertz CT molecular complexity index is 1150. The van der Waals surface area contributed by atoms with Crippen LogP contribution < -0.4 is 15.9 Å². The molecule has 0 saturated heterocycles. The Kier molecular flexibility index (Phi) is 5.92. The maximum absolute atomic E-state index is 10.6. The van der Waals surface area contributed by atoms with Gasteiger partial charge in [-0.25, -0.2) is 0 Å². The summed E-state index contributed by atoms with van der Waals surface area (Å²) in [5, 5.41) is 17.0. The molecule has 1 heterocycles. The zero-order chi connectivity index (χ0) is 20.9. The quantitative estimate of drug-likeness (QED) is 0.243. The van der Waals surface area contributed by atoms with Crippen LogP contribution in [0.5, 0.6) is 5.75 Å². The molecule has 3 aromatic carbocycles. The number of nitrogens with one attached hydrogen (secondary N) is 1. The molecule has 152 valence electrons. The molecule has 7 heteroatoms. The van der Waals surface area contributed by atoms with Crippen LogP contribution in [-0.4, -0.2) is 33.7 Å². The van der Waals surface area contributed by atoms with Crippen molar-refractivity contribution in [3.05, 3.63) is 78.4 Å². The van der Waals surface area contributed by atoms with Gasteiger partial charge in [0.1, 0.15) is 18.5 Å². The van der Waals surface area contributed by atoms with Gasteiger partial charge in [-0.05, 0) is 54.2 Å². The number of para-hydroxylation sites is 2. The number of hydrogen-bond donors (Lipinski definition) is 3. The van der Waals surface area contributed by atoms with E-state index < -0.39 is 6.10 Å². The standard InChI is InChI=1S/C23H22N4O2S/c24-23(30)26-25-13-16-9-11-18(12-10-16)29-15-17(28)14-27-21-7-3-1-5-19(21)20-6-2-4-8-22(20)27/h1-13,17,28H,14-15H2,(H3,24,26,30)/t17-/m0/s1. The summed E-state index contributed by atoms with van der Waals surface area (Å²) in [7, 11) is 0. The average Bonchev–Trinajstić information content (AvgIpc) is 3.07. The minimum Gasteiger partial charge on any atom is -0.491 e. The number of thiocarbonyl (C=S) groups is 1. The zero-order valence-electron chi connectivity index (χ0n) is 16.2. The van der Waals surface area contributed by atoms with Crippen LogP contribution in [0, 0.1) is 0 Å². The molecule has 0 aliphatic heterocycles. The van der Waals surface area contributed by atoms with Crippen molar-refractivity contribution in [2.24, 2.45) is 10.8 Å². The Hall–Kier alpha value is -3.42. The molecule has 0 bridgehead atoms. The van der Waals surface area contributed by atoms with Crippen LogP contribution in [-0.2, 0) is 6.54 Å². The lowest BCUT2D eigenvalue weighted by molar-refractivity contribution is 0.0945. The van der Waals surface area contributed by atoms with E-state index in [0.717, 1.165) is 16.6 Å². The highest BCUT2D eigenvalue weighted by Crippen LogP contribution is 2.28. The van der Waals surface area contributed by atoms with Crippen LogP contribution in [0.25, 0.3) is 21.8 Å². The first kappa shape index (κ1) is 19.9. The van der Waals surface area contributed by atoms with E-state index in [1.165, 1.54) is 10.8 Å². The highest BCUT2D eigenvalue weighted by atomic mass is 32.1. The van der Waals surface area contributed by atoms with Gasteiger partial charge in [0.15, 0.2) is 5.11 Å². The summed E-state index contributed by atoms with van der Waals surface area (Å²) in [4.78, 5) is 0. The second kappa shape index (κ2) is 8.94. The van der Waals surface area contributed by atoms with E-state index in [4.69, 9.17) is 22.7 Å². The zero-order valence-corrected chi connectivity index (χ0v) is 17.0. The van der Waals surface area contributed by atoms with E-state index in [-0.39, 0.29) is 11.7 Å². The van der Waals surface area contributed by atoms with Crippen LogP contribution in [0.1, 0.15) is 5.56 Å². The maximum atomic E-state index is 10.6. The molecule has 30 heavy (non-hydrogen) atoms. The molecule has 4 N–H and O–H groups in total. The molecule has 0 radical (unpaired) electrons. The number of benzene rings is 3. The first-order valence-electron chi connectivity index (χ1n) is 9.57. The molecule has 4 rings (SSSR count). The predicted molar refractivity (Wildman–Crippen MR) is 125 cm³/mol. The predicted octanol–water partition coefficient (Wildman–Crippen LogP) is 3.40. The fourth-order valence-electron chi connectivity index (χ4n) is 3.48. The first-order chi connectivity index (χ1) is 14.6. The lowest BCUT2D eigenvalue weighted by atomic mass is 10.2. The van der Waals surface area contributed by atoms with Gasteiger partial charge in [-0.3, -0.25) is 5.43 Å². The Morgan fingerprint density at radius 3 is 2.23 bits per heavy atom.